The van der Waals surface area contributed by atoms with Gasteiger partial charge in [0.2, 0.25) is 0 Å². The van der Waals surface area contributed by atoms with Crippen LogP contribution in [-0.2, 0) is 13.1 Å². The van der Waals surface area contributed by atoms with Crippen LogP contribution < -0.4 is 0 Å². The molecule has 0 saturated heterocycles. The zero-order valence-electron chi connectivity index (χ0n) is 13.1. The van der Waals surface area contributed by atoms with Crippen LogP contribution in [-0.4, -0.2) is 32.2 Å². The average Bonchev–Trinajstić information content (AvgIpc) is 2.95. The van der Waals surface area contributed by atoms with Gasteiger partial charge in [0.05, 0.1) is 24.1 Å². The summed E-state index contributed by atoms with van der Waals surface area (Å²) in [5.74, 6) is 1.06. The Morgan fingerprint density at radius 1 is 1.17 bits per heavy atom. The summed E-state index contributed by atoms with van der Waals surface area (Å²) in [6, 6.07) is 7.36. The van der Waals surface area contributed by atoms with Crippen molar-refractivity contribution in [2.75, 3.05) is 7.05 Å². The monoisotopic (exact) mass is 310 g/mol. The molecule has 0 atom stereocenters. The van der Waals surface area contributed by atoms with Crippen molar-refractivity contribution in [1.82, 2.24) is 20.0 Å². The van der Waals surface area contributed by atoms with E-state index in [9.17, 15) is 5.11 Å². The second kappa shape index (κ2) is 6.58. The molecule has 2 heterocycles. The van der Waals surface area contributed by atoms with E-state index in [0.717, 1.165) is 28.3 Å². The third-order valence-corrected chi connectivity index (χ3v) is 3.48. The van der Waals surface area contributed by atoms with E-state index in [4.69, 9.17) is 4.52 Å². The Labute approximate surface area is 134 Å². The quantitative estimate of drug-likeness (QED) is 0.781. The summed E-state index contributed by atoms with van der Waals surface area (Å²) in [7, 11) is 1.96. The van der Waals surface area contributed by atoms with Gasteiger partial charge in [-0.2, -0.15) is 0 Å². The first-order valence-electron chi connectivity index (χ1n) is 7.31. The van der Waals surface area contributed by atoms with Gasteiger partial charge in [0.25, 0.3) is 0 Å². The molecule has 6 heteroatoms. The van der Waals surface area contributed by atoms with Crippen LogP contribution in [0.1, 0.15) is 17.0 Å². The molecular formula is C17H18N4O2. The summed E-state index contributed by atoms with van der Waals surface area (Å²) in [6.07, 6.45) is 5.00. The highest BCUT2D eigenvalue weighted by Gasteiger charge is 2.10. The van der Waals surface area contributed by atoms with Crippen LogP contribution in [0.5, 0.6) is 5.75 Å². The maximum atomic E-state index is 10.1. The maximum absolute atomic E-state index is 10.1. The number of phenols is 1. The number of aromatic hydroxyl groups is 1. The molecule has 3 aromatic rings. The molecule has 0 fully saturated rings. The van der Waals surface area contributed by atoms with Gasteiger partial charge < -0.3 is 9.63 Å². The Morgan fingerprint density at radius 2 is 2.04 bits per heavy atom. The van der Waals surface area contributed by atoms with Crippen molar-refractivity contribution in [3.8, 4) is 17.0 Å². The Balaban J connectivity index is 1.76. The molecule has 118 valence electrons. The number of aryl methyl sites for hydroxylation is 1. The third-order valence-electron chi connectivity index (χ3n) is 3.48. The number of nitrogens with zero attached hydrogens (tertiary/aromatic N) is 4. The van der Waals surface area contributed by atoms with E-state index in [2.05, 4.69) is 20.0 Å². The minimum absolute atomic E-state index is 0.262. The summed E-state index contributed by atoms with van der Waals surface area (Å²) < 4.78 is 5.22. The second-order valence-corrected chi connectivity index (χ2v) is 5.54. The van der Waals surface area contributed by atoms with Gasteiger partial charge >= 0.3 is 0 Å². The smallest absolute Gasteiger partial charge is 0.150 e. The van der Waals surface area contributed by atoms with Crippen LogP contribution in [0.4, 0.5) is 0 Å². The normalized spacial score (nSPS) is 11.1. The van der Waals surface area contributed by atoms with Crippen molar-refractivity contribution in [2.24, 2.45) is 0 Å². The van der Waals surface area contributed by atoms with Crippen molar-refractivity contribution in [1.29, 1.82) is 0 Å². The topological polar surface area (TPSA) is 75.3 Å². The lowest BCUT2D eigenvalue weighted by Gasteiger charge is -2.16. The third kappa shape index (κ3) is 3.73. The standard InChI is InChI=1S/C17H18N4O2/c1-12-7-15(23-20-12)11-21(2)10-14-8-13(3-4-17(14)22)16-9-18-5-6-19-16/h3-9,22H,10-11H2,1-2H3. The van der Waals surface area contributed by atoms with E-state index in [1.165, 1.54) is 0 Å². The molecule has 0 aliphatic rings. The fourth-order valence-corrected chi connectivity index (χ4v) is 2.42. The van der Waals surface area contributed by atoms with Crippen LogP contribution in [0.3, 0.4) is 0 Å². The highest BCUT2D eigenvalue weighted by atomic mass is 16.5. The molecule has 0 aliphatic carbocycles. The van der Waals surface area contributed by atoms with Gasteiger partial charge in [0.15, 0.2) is 5.76 Å². The summed E-state index contributed by atoms with van der Waals surface area (Å²) >= 11 is 0. The molecule has 1 aromatic carbocycles. The molecule has 0 spiro atoms. The van der Waals surface area contributed by atoms with Gasteiger partial charge in [-0.15, -0.1) is 0 Å². The summed E-state index contributed by atoms with van der Waals surface area (Å²) in [4.78, 5) is 10.4. The Hall–Kier alpha value is -2.73. The first-order chi connectivity index (χ1) is 11.1. The lowest BCUT2D eigenvalue weighted by molar-refractivity contribution is 0.263. The highest BCUT2D eigenvalue weighted by Crippen LogP contribution is 2.25. The molecule has 0 bridgehead atoms. The van der Waals surface area contributed by atoms with Crippen LogP contribution in [0, 0.1) is 6.92 Å². The fraction of sp³-hybridized carbons (Fsp3) is 0.235. The predicted molar refractivity (Wildman–Crippen MR) is 85.5 cm³/mol. The van der Waals surface area contributed by atoms with Gasteiger partial charge in [-0.05, 0) is 32.2 Å². The lowest BCUT2D eigenvalue weighted by Crippen LogP contribution is -2.17. The van der Waals surface area contributed by atoms with Gasteiger partial charge in [0.1, 0.15) is 5.75 Å². The first kappa shape index (κ1) is 15.2. The van der Waals surface area contributed by atoms with E-state index in [1.807, 2.05) is 32.2 Å². The van der Waals surface area contributed by atoms with E-state index in [0.29, 0.717) is 13.1 Å². The van der Waals surface area contributed by atoms with E-state index < -0.39 is 0 Å². The number of aromatic nitrogens is 3. The number of rotatable bonds is 5. The Morgan fingerprint density at radius 3 is 2.74 bits per heavy atom. The lowest BCUT2D eigenvalue weighted by atomic mass is 10.1. The molecule has 0 unspecified atom stereocenters. The molecule has 1 N–H and O–H groups in total. The van der Waals surface area contributed by atoms with Crippen molar-refractivity contribution in [3.05, 3.63) is 59.9 Å². The molecule has 0 aliphatic heterocycles. The van der Waals surface area contributed by atoms with Gasteiger partial charge in [0, 0.05) is 36.1 Å². The summed E-state index contributed by atoms with van der Waals surface area (Å²) in [5, 5.41) is 14.0. The maximum Gasteiger partial charge on any atom is 0.150 e. The fourth-order valence-electron chi connectivity index (χ4n) is 2.42. The molecule has 0 saturated carbocycles. The van der Waals surface area contributed by atoms with Crippen LogP contribution in [0.2, 0.25) is 0 Å². The van der Waals surface area contributed by atoms with Crippen molar-refractivity contribution in [3.63, 3.8) is 0 Å². The molecule has 0 amide bonds. The van der Waals surface area contributed by atoms with E-state index in [1.54, 1.807) is 24.7 Å². The molecule has 0 radical (unpaired) electrons. The number of hydrogen-bond donors (Lipinski definition) is 1. The van der Waals surface area contributed by atoms with Crippen LogP contribution in [0.25, 0.3) is 11.3 Å². The van der Waals surface area contributed by atoms with Gasteiger partial charge in [-0.1, -0.05) is 5.16 Å². The minimum atomic E-state index is 0.262. The van der Waals surface area contributed by atoms with Gasteiger partial charge in [-0.3, -0.25) is 14.9 Å². The predicted octanol–water partition coefficient (Wildman–Crippen LogP) is 2.78. The van der Waals surface area contributed by atoms with E-state index in [-0.39, 0.29) is 5.75 Å². The largest absolute Gasteiger partial charge is 0.508 e. The number of hydrogen-bond acceptors (Lipinski definition) is 6. The summed E-state index contributed by atoms with van der Waals surface area (Å²) in [6.45, 7) is 3.10. The molecule has 6 nitrogen and oxygen atoms in total. The average molecular weight is 310 g/mol. The van der Waals surface area contributed by atoms with Gasteiger partial charge in [-0.25, -0.2) is 0 Å². The van der Waals surface area contributed by atoms with Crippen molar-refractivity contribution in [2.45, 2.75) is 20.0 Å². The van der Waals surface area contributed by atoms with Crippen LogP contribution in [0.15, 0.2) is 47.4 Å². The van der Waals surface area contributed by atoms with E-state index >= 15 is 0 Å². The molecule has 2 aromatic heterocycles. The zero-order chi connectivity index (χ0) is 16.2. The summed E-state index contributed by atoms with van der Waals surface area (Å²) in [5.41, 5.74) is 3.39. The number of phenolic OH excluding ortho intramolecular Hbond substituents is 1. The second-order valence-electron chi connectivity index (χ2n) is 5.54. The first-order valence-corrected chi connectivity index (χ1v) is 7.31. The zero-order valence-corrected chi connectivity index (χ0v) is 13.1. The number of benzene rings is 1. The van der Waals surface area contributed by atoms with Crippen molar-refractivity contribution < 1.29 is 9.63 Å². The Kier molecular flexibility index (Phi) is 4.34. The SMILES string of the molecule is Cc1cc(CN(C)Cc2cc(-c3cnccn3)ccc2O)on1. The molecule has 3 rings (SSSR count). The molecule has 23 heavy (non-hydrogen) atoms. The van der Waals surface area contributed by atoms with Crippen molar-refractivity contribution >= 4 is 0 Å². The Bertz CT molecular complexity index is 786. The highest BCUT2D eigenvalue weighted by molar-refractivity contribution is 5.60. The minimum Gasteiger partial charge on any atom is -0.508 e. The van der Waals surface area contributed by atoms with Crippen LogP contribution >= 0.6 is 0 Å². The molecular weight excluding hydrogens is 292 g/mol.